The fourth-order valence-electron chi connectivity index (χ4n) is 2.10. The van der Waals surface area contributed by atoms with Crippen LogP contribution in [0.1, 0.15) is 23.7 Å². The lowest BCUT2D eigenvalue weighted by Gasteiger charge is -2.13. The summed E-state index contributed by atoms with van der Waals surface area (Å²) in [6.07, 6.45) is 4.57. The second-order valence-corrected chi connectivity index (χ2v) is 6.03. The number of methoxy groups -OCH3 is 1. The number of aromatic nitrogens is 2. The first kappa shape index (κ1) is 16.4. The highest BCUT2D eigenvalue weighted by Gasteiger charge is 2.17. The van der Waals surface area contributed by atoms with Crippen LogP contribution in [0, 0.1) is 0 Å². The second kappa shape index (κ2) is 7.89. The third-order valence-electron chi connectivity index (χ3n) is 3.40. The number of hydrogen-bond donors (Lipinski definition) is 2. The van der Waals surface area contributed by atoms with E-state index >= 15 is 0 Å². The summed E-state index contributed by atoms with van der Waals surface area (Å²) in [5.41, 5.74) is 2.18. The van der Waals surface area contributed by atoms with Crippen LogP contribution in [0.4, 0.5) is 0 Å². The first-order chi connectivity index (χ1) is 10.7. The van der Waals surface area contributed by atoms with Crippen molar-refractivity contribution in [2.45, 2.75) is 19.4 Å². The van der Waals surface area contributed by atoms with Crippen molar-refractivity contribution < 1.29 is 9.53 Å². The molecule has 0 aliphatic carbocycles. The van der Waals surface area contributed by atoms with Gasteiger partial charge >= 0.3 is 0 Å². The molecule has 0 spiro atoms. The number of hydrogen-bond acceptors (Lipinski definition) is 4. The number of thioether (sulfide) groups is 1. The van der Waals surface area contributed by atoms with Crippen molar-refractivity contribution in [3.63, 3.8) is 0 Å². The lowest BCUT2D eigenvalue weighted by Crippen LogP contribution is -2.33. The van der Waals surface area contributed by atoms with Crippen molar-refractivity contribution in [3.05, 3.63) is 36.0 Å². The van der Waals surface area contributed by atoms with Crippen LogP contribution in [-0.2, 0) is 0 Å². The quantitative estimate of drug-likeness (QED) is 0.823. The zero-order chi connectivity index (χ0) is 15.9. The first-order valence-electron chi connectivity index (χ1n) is 7.13. The highest BCUT2D eigenvalue weighted by molar-refractivity contribution is 7.98. The van der Waals surface area contributed by atoms with E-state index in [9.17, 15) is 4.79 Å². The van der Waals surface area contributed by atoms with Gasteiger partial charge in [0.15, 0.2) is 0 Å². The van der Waals surface area contributed by atoms with E-state index in [2.05, 4.69) is 21.8 Å². The van der Waals surface area contributed by atoms with Crippen LogP contribution in [-0.4, -0.2) is 41.3 Å². The van der Waals surface area contributed by atoms with Crippen LogP contribution >= 0.6 is 11.8 Å². The molecule has 1 amide bonds. The number of carbonyl (C=O) groups excluding carboxylic acids is 1. The predicted octanol–water partition coefficient (Wildman–Crippen LogP) is 2.96. The number of carbonyl (C=O) groups is 1. The number of rotatable bonds is 7. The summed E-state index contributed by atoms with van der Waals surface area (Å²) < 4.78 is 5.15. The van der Waals surface area contributed by atoms with E-state index in [4.69, 9.17) is 4.74 Å². The molecular formula is C16H21N3O2S. The summed E-state index contributed by atoms with van der Waals surface area (Å²) in [6.45, 7) is 2.02. The number of nitrogens with zero attached hydrogens (tertiary/aromatic N) is 1. The van der Waals surface area contributed by atoms with Crippen LogP contribution in [0.5, 0.6) is 5.75 Å². The fourth-order valence-corrected chi connectivity index (χ4v) is 2.69. The molecule has 0 saturated carbocycles. The average molecular weight is 319 g/mol. The molecule has 5 nitrogen and oxygen atoms in total. The molecular weight excluding hydrogens is 298 g/mol. The van der Waals surface area contributed by atoms with Crippen LogP contribution in [0.25, 0.3) is 11.3 Å². The molecule has 6 heteroatoms. The Morgan fingerprint density at radius 1 is 1.41 bits per heavy atom. The number of aromatic amines is 1. The van der Waals surface area contributed by atoms with Crippen molar-refractivity contribution in [1.29, 1.82) is 0 Å². The van der Waals surface area contributed by atoms with Gasteiger partial charge in [-0.25, -0.2) is 0 Å². The Bertz CT molecular complexity index is 610. The van der Waals surface area contributed by atoms with Crippen molar-refractivity contribution in [1.82, 2.24) is 15.5 Å². The largest absolute Gasteiger partial charge is 0.497 e. The number of nitrogens with one attached hydrogen (secondary N) is 2. The van der Waals surface area contributed by atoms with Gasteiger partial charge in [-0.2, -0.15) is 16.9 Å². The zero-order valence-electron chi connectivity index (χ0n) is 13.1. The Morgan fingerprint density at radius 3 is 2.77 bits per heavy atom. The Labute approximate surface area is 134 Å². The molecule has 2 rings (SSSR count). The molecule has 2 aromatic rings. The van der Waals surface area contributed by atoms with Crippen LogP contribution in [0.2, 0.25) is 0 Å². The van der Waals surface area contributed by atoms with Crippen molar-refractivity contribution in [2.75, 3.05) is 19.1 Å². The smallest absolute Gasteiger partial charge is 0.255 e. The molecule has 1 atom stereocenters. The molecule has 1 aromatic carbocycles. The number of ether oxygens (including phenoxy) is 1. The van der Waals surface area contributed by atoms with Crippen LogP contribution in [0.15, 0.2) is 30.5 Å². The molecule has 0 aliphatic heterocycles. The van der Waals surface area contributed by atoms with Crippen molar-refractivity contribution in [3.8, 4) is 17.0 Å². The Balaban J connectivity index is 2.12. The van der Waals surface area contributed by atoms with Crippen LogP contribution < -0.4 is 10.1 Å². The number of benzene rings is 1. The van der Waals surface area contributed by atoms with E-state index in [0.717, 1.165) is 29.2 Å². The number of amides is 1. The summed E-state index contributed by atoms with van der Waals surface area (Å²) in [7, 11) is 1.63. The normalized spacial score (nSPS) is 12.0. The molecule has 0 saturated heterocycles. The van der Waals surface area contributed by atoms with Gasteiger partial charge in [0.2, 0.25) is 0 Å². The van der Waals surface area contributed by atoms with Gasteiger partial charge in [0.1, 0.15) is 5.75 Å². The van der Waals surface area contributed by atoms with Crippen LogP contribution in [0.3, 0.4) is 0 Å². The monoisotopic (exact) mass is 319 g/mol. The molecule has 0 bridgehead atoms. The van der Waals surface area contributed by atoms with Gasteiger partial charge in [-0.15, -0.1) is 0 Å². The van der Waals surface area contributed by atoms with E-state index in [1.807, 2.05) is 31.2 Å². The van der Waals surface area contributed by atoms with Gasteiger partial charge in [-0.1, -0.05) is 0 Å². The maximum Gasteiger partial charge on any atom is 0.255 e. The zero-order valence-corrected chi connectivity index (χ0v) is 13.9. The Hall–Kier alpha value is -1.95. The SMILES string of the molecule is COc1ccc(-c2[nH]ncc2C(=O)NC(C)CCSC)cc1. The van der Waals surface area contributed by atoms with Gasteiger partial charge in [-0.05, 0) is 49.6 Å². The minimum absolute atomic E-state index is 0.104. The highest BCUT2D eigenvalue weighted by atomic mass is 32.2. The minimum atomic E-state index is -0.104. The lowest BCUT2D eigenvalue weighted by molar-refractivity contribution is 0.0940. The predicted molar refractivity (Wildman–Crippen MR) is 90.5 cm³/mol. The topological polar surface area (TPSA) is 67.0 Å². The van der Waals surface area contributed by atoms with Crippen molar-refractivity contribution in [2.24, 2.45) is 0 Å². The lowest BCUT2D eigenvalue weighted by atomic mass is 10.1. The summed E-state index contributed by atoms with van der Waals surface area (Å²) >= 11 is 1.78. The van der Waals surface area contributed by atoms with Gasteiger partial charge in [-0.3, -0.25) is 9.89 Å². The van der Waals surface area contributed by atoms with E-state index in [0.29, 0.717) is 5.56 Å². The second-order valence-electron chi connectivity index (χ2n) is 5.04. The average Bonchev–Trinajstić information content (AvgIpc) is 3.02. The van der Waals surface area contributed by atoms with Gasteiger partial charge in [0, 0.05) is 11.6 Å². The minimum Gasteiger partial charge on any atom is -0.497 e. The highest BCUT2D eigenvalue weighted by Crippen LogP contribution is 2.23. The van der Waals surface area contributed by atoms with Gasteiger partial charge < -0.3 is 10.1 Å². The maximum absolute atomic E-state index is 12.4. The molecule has 1 unspecified atom stereocenters. The van der Waals surface area contributed by atoms with E-state index in [-0.39, 0.29) is 11.9 Å². The standard InChI is InChI=1S/C16H21N3O2S/c1-11(8-9-22-3)18-16(20)14-10-17-19-15(14)12-4-6-13(21-2)7-5-12/h4-7,10-11H,8-9H2,1-3H3,(H,17,19)(H,18,20). The number of H-pyrrole nitrogens is 1. The third-order valence-corrected chi connectivity index (χ3v) is 4.04. The Kier molecular flexibility index (Phi) is 5.89. The molecule has 2 N–H and O–H groups in total. The van der Waals surface area contributed by atoms with Crippen molar-refractivity contribution >= 4 is 17.7 Å². The molecule has 0 radical (unpaired) electrons. The van der Waals surface area contributed by atoms with E-state index in [1.165, 1.54) is 0 Å². The van der Waals surface area contributed by atoms with E-state index < -0.39 is 0 Å². The molecule has 118 valence electrons. The Morgan fingerprint density at radius 2 is 2.14 bits per heavy atom. The summed E-state index contributed by atoms with van der Waals surface area (Å²) in [6, 6.07) is 7.66. The van der Waals surface area contributed by atoms with E-state index in [1.54, 1.807) is 25.1 Å². The molecule has 1 heterocycles. The summed E-state index contributed by atoms with van der Waals surface area (Å²) in [4.78, 5) is 12.4. The third kappa shape index (κ3) is 4.04. The fraction of sp³-hybridized carbons (Fsp3) is 0.375. The van der Waals surface area contributed by atoms with Gasteiger partial charge in [0.25, 0.3) is 5.91 Å². The van der Waals surface area contributed by atoms with Gasteiger partial charge in [0.05, 0.1) is 24.6 Å². The molecule has 1 aromatic heterocycles. The molecule has 0 aliphatic rings. The summed E-state index contributed by atoms with van der Waals surface area (Å²) in [5, 5.41) is 9.92. The first-order valence-corrected chi connectivity index (χ1v) is 8.52. The maximum atomic E-state index is 12.4. The molecule has 0 fully saturated rings. The summed E-state index contributed by atoms with van der Waals surface area (Å²) in [5.74, 6) is 1.70. The molecule has 22 heavy (non-hydrogen) atoms.